The molecule has 7 heteroatoms. The van der Waals surface area contributed by atoms with Crippen LogP contribution in [0.5, 0.6) is 0 Å². The molecular formula is C20H22N6O. The zero-order chi connectivity index (χ0) is 18.8. The van der Waals surface area contributed by atoms with E-state index in [1.807, 2.05) is 37.2 Å². The second kappa shape index (κ2) is 7.26. The van der Waals surface area contributed by atoms with Gasteiger partial charge in [-0.25, -0.2) is 9.97 Å². The van der Waals surface area contributed by atoms with Gasteiger partial charge in [0.05, 0.1) is 17.0 Å². The van der Waals surface area contributed by atoms with E-state index in [1.165, 1.54) is 0 Å². The molecule has 4 rings (SSSR count). The van der Waals surface area contributed by atoms with Crippen molar-refractivity contribution >= 4 is 5.91 Å². The van der Waals surface area contributed by atoms with Crippen LogP contribution in [0.3, 0.4) is 0 Å². The van der Waals surface area contributed by atoms with E-state index in [-0.39, 0.29) is 11.8 Å². The molecule has 1 amide bonds. The molecule has 0 radical (unpaired) electrons. The highest BCUT2D eigenvalue weighted by atomic mass is 16.2. The van der Waals surface area contributed by atoms with Crippen molar-refractivity contribution in [2.75, 3.05) is 13.1 Å². The van der Waals surface area contributed by atoms with Gasteiger partial charge in [-0.15, -0.1) is 0 Å². The summed E-state index contributed by atoms with van der Waals surface area (Å²) in [5.41, 5.74) is 4.50. The Balaban J connectivity index is 1.61. The maximum atomic E-state index is 13.0. The first-order valence-corrected chi connectivity index (χ1v) is 9.13. The standard InChI is InChI=1S/C20H22N6O/c1-14-18(12-25(2)24-14)20(27)26-9-3-4-16(11-26)19-17(10-22-13-23-19)15-5-7-21-8-6-15/h5-8,10,12-13,16H,3-4,9,11H2,1-2H3/t16-/m1/s1. The smallest absolute Gasteiger partial charge is 0.257 e. The Labute approximate surface area is 158 Å². The highest BCUT2D eigenvalue weighted by Crippen LogP contribution is 2.32. The van der Waals surface area contributed by atoms with Gasteiger partial charge in [-0.2, -0.15) is 5.10 Å². The molecule has 0 N–H and O–H groups in total. The summed E-state index contributed by atoms with van der Waals surface area (Å²) in [6.45, 7) is 3.29. The molecule has 27 heavy (non-hydrogen) atoms. The molecule has 0 bridgehead atoms. The predicted molar refractivity (Wildman–Crippen MR) is 101 cm³/mol. The maximum Gasteiger partial charge on any atom is 0.257 e. The largest absolute Gasteiger partial charge is 0.338 e. The number of aromatic nitrogens is 5. The van der Waals surface area contributed by atoms with Crippen LogP contribution in [-0.2, 0) is 7.05 Å². The molecule has 0 aliphatic carbocycles. The van der Waals surface area contributed by atoms with Gasteiger partial charge in [-0.05, 0) is 37.5 Å². The van der Waals surface area contributed by atoms with Gasteiger partial charge < -0.3 is 4.90 Å². The normalized spacial score (nSPS) is 17.1. The Morgan fingerprint density at radius 1 is 1.22 bits per heavy atom. The molecule has 0 unspecified atom stereocenters. The van der Waals surface area contributed by atoms with Gasteiger partial charge >= 0.3 is 0 Å². The number of rotatable bonds is 3. The Hall–Kier alpha value is -3.09. The van der Waals surface area contributed by atoms with Gasteiger partial charge in [-0.3, -0.25) is 14.5 Å². The first-order chi connectivity index (χ1) is 13.1. The zero-order valence-electron chi connectivity index (χ0n) is 15.5. The summed E-state index contributed by atoms with van der Waals surface area (Å²) in [7, 11) is 1.84. The van der Waals surface area contributed by atoms with E-state index in [1.54, 1.807) is 29.6 Å². The number of carbonyl (C=O) groups is 1. The number of likely N-dealkylation sites (tertiary alicyclic amines) is 1. The topological polar surface area (TPSA) is 76.8 Å². The molecule has 138 valence electrons. The summed E-state index contributed by atoms with van der Waals surface area (Å²) in [4.78, 5) is 27.8. The molecule has 0 saturated carbocycles. The van der Waals surface area contributed by atoms with Crippen molar-refractivity contribution < 1.29 is 4.79 Å². The lowest BCUT2D eigenvalue weighted by Crippen LogP contribution is -2.39. The molecular weight excluding hydrogens is 340 g/mol. The van der Waals surface area contributed by atoms with E-state index in [0.29, 0.717) is 12.1 Å². The zero-order valence-corrected chi connectivity index (χ0v) is 15.5. The highest BCUT2D eigenvalue weighted by Gasteiger charge is 2.29. The Kier molecular flexibility index (Phi) is 4.66. The lowest BCUT2D eigenvalue weighted by molar-refractivity contribution is 0.0705. The average Bonchev–Trinajstić information content (AvgIpc) is 3.06. The monoisotopic (exact) mass is 362 g/mol. The molecule has 1 atom stereocenters. The average molecular weight is 362 g/mol. The number of piperidine rings is 1. The second-order valence-electron chi connectivity index (χ2n) is 6.95. The number of amides is 1. The molecule has 0 aromatic carbocycles. The molecule has 1 fully saturated rings. The number of pyridine rings is 1. The first-order valence-electron chi connectivity index (χ1n) is 9.13. The summed E-state index contributed by atoms with van der Waals surface area (Å²) < 4.78 is 1.69. The van der Waals surface area contributed by atoms with Crippen molar-refractivity contribution in [1.82, 2.24) is 29.6 Å². The minimum Gasteiger partial charge on any atom is -0.338 e. The third-order valence-corrected chi connectivity index (χ3v) is 5.07. The summed E-state index contributed by atoms with van der Waals surface area (Å²) in [5.74, 6) is 0.232. The second-order valence-corrected chi connectivity index (χ2v) is 6.95. The van der Waals surface area contributed by atoms with Crippen molar-refractivity contribution in [1.29, 1.82) is 0 Å². The van der Waals surface area contributed by atoms with Crippen LogP contribution in [0.2, 0.25) is 0 Å². The molecule has 3 aromatic heterocycles. The molecule has 3 aromatic rings. The lowest BCUT2D eigenvalue weighted by Gasteiger charge is -2.33. The minimum absolute atomic E-state index is 0.0461. The van der Waals surface area contributed by atoms with Crippen LogP contribution in [0.25, 0.3) is 11.1 Å². The molecule has 1 aliphatic rings. The van der Waals surface area contributed by atoms with E-state index >= 15 is 0 Å². The van der Waals surface area contributed by atoms with Crippen molar-refractivity contribution in [3.63, 3.8) is 0 Å². The quantitative estimate of drug-likeness (QED) is 0.716. The van der Waals surface area contributed by atoms with E-state index in [0.717, 1.165) is 41.9 Å². The third kappa shape index (κ3) is 3.45. The van der Waals surface area contributed by atoms with Gasteiger partial charge in [-0.1, -0.05) is 0 Å². The highest BCUT2D eigenvalue weighted by molar-refractivity contribution is 5.95. The molecule has 1 saturated heterocycles. The number of aryl methyl sites for hydroxylation is 2. The van der Waals surface area contributed by atoms with Crippen molar-refractivity contribution in [3.8, 4) is 11.1 Å². The van der Waals surface area contributed by atoms with Gasteiger partial charge in [0.1, 0.15) is 6.33 Å². The molecule has 7 nitrogen and oxygen atoms in total. The molecule has 4 heterocycles. The Morgan fingerprint density at radius 3 is 2.78 bits per heavy atom. The summed E-state index contributed by atoms with van der Waals surface area (Å²) in [6, 6.07) is 3.93. The number of carbonyl (C=O) groups excluding carboxylic acids is 1. The van der Waals surface area contributed by atoms with Crippen molar-refractivity contribution in [2.24, 2.45) is 7.05 Å². The van der Waals surface area contributed by atoms with Gasteiger partial charge in [0.25, 0.3) is 5.91 Å². The number of hydrogen-bond acceptors (Lipinski definition) is 5. The van der Waals surface area contributed by atoms with Crippen LogP contribution in [-0.4, -0.2) is 48.6 Å². The first kappa shape index (κ1) is 17.3. The minimum atomic E-state index is 0.0461. The van der Waals surface area contributed by atoms with Gasteiger partial charge in [0.15, 0.2) is 0 Å². The van der Waals surface area contributed by atoms with Crippen molar-refractivity contribution in [2.45, 2.75) is 25.7 Å². The van der Waals surface area contributed by atoms with Crippen molar-refractivity contribution in [3.05, 3.63) is 60.2 Å². The molecule has 0 spiro atoms. The van der Waals surface area contributed by atoms with E-state index in [9.17, 15) is 4.79 Å². The van der Waals surface area contributed by atoms with Crippen LogP contribution in [0.15, 0.2) is 43.2 Å². The SMILES string of the molecule is Cc1nn(C)cc1C(=O)N1CCC[C@@H](c2ncncc2-c2ccncc2)C1. The summed E-state index contributed by atoms with van der Waals surface area (Å²) in [6.07, 6.45) is 10.7. The fraction of sp³-hybridized carbons (Fsp3) is 0.350. The summed E-state index contributed by atoms with van der Waals surface area (Å²) >= 11 is 0. The van der Waals surface area contributed by atoms with E-state index in [4.69, 9.17) is 0 Å². The lowest BCUT2D eigenvalue weighted by atomic mass is 9.90. The van der Waals surface area contributed by atoms with Gasteiger partial charge in [0.2, 0.25) is 0 Å². The fourth-order valence-corrected chi connectivity index (χ4v) is 3.78. The fourth-order valence-electron chi connectivity index (χ4n) is 3.78. The Morgan fingerprint density at radius 2 is 2.04 bits per heavy atom. The Bertz CT molecular complexity index is 952. The summed E-state index contributed by atoms with van der Waals surface area (Å²) in [5, 5.41) is 4.30. The van der Waals surface area contributed by atoms with E-state index in [2.05, 4.69) is 20.1 Å². The van der Waals surface area contributed by atoms with Gasteiger partial charge in [0, 0.05) is 56.4 Å². The number of hydrogen-bond donors (Lipinski definition) is 0. The third-order valence-electron chi connectivity index (χ3n) is 5.07. The van der Waals surface area contributed by atoms with Crippen LogP contribution < -0.4 is 0 Å². The van der Waals surface area contributed by atoms with Crippen LogP contribution in [0, 0.1) is 6.92 Å². The number of nitrogens with zero attached hydrogens (tertiary/aromatic N) is 6. The van der Waals surface area contributed by atoms with Crippen LogP contribution in [0.4, 0.5) is 0 Å². The van der Waals surface area contributed by atoms with Crippen LogP contribution in [0.1, 0.15) is 40.5 Å². The maximum absolute atomic E-state index is 13.0. The van der Waals surface area contributed by atoms with E-state index < -0.39 is 0 Å². The predicted octanol–water partition coefficient (Wildman–Crippen LogP) is 2.60. The molecule has 1 aliphatic heterocycles. The van der Waals surface area contributed by atoms with Crippen LogP contribution >= 0.6 is 0 Å².